The fourth-order valence-electron chi connectivity index (χ4n) is 1.69. The number of alkyl carbamates (subject to hydrolysis) is 1. The summed E-state index contributed by atoms with van der Waals surface area (Å²) in [5.41, 5.74) is 1.34. The van der Waals surface area contributed by atoms with Gasteiger partial charge < -0.3 is 15.0 Å². The molecule has 1 aromatic carbocycles. The number of imidazole rings is 1. The van der Waals surface area contributed by atoms with E-state index in [0.717, 1.165) is 15.7 Å². The molecule has 0 saturated carbocycles. The Hall–Kier alpha value is -1.82. The summed E-state index contributed by atoms with van der Waals surface area (Å²) < 4.78 is 6.19. The summed E-state index contributed by atoms with van der Waals surface area (Å²) in [6.45, 7) is 5.77. The van der Waals surface area contributed by atoms with Crippen LogP contribution in [-0.4, -0.2) is 21.7 Å². The number of H-pyrrole nitrogens is 1. The van der Waals surface area contributed by atoms with Crippen molar-refractivity contribution in [3.63, 3.8) is 0 Å². The van der Waals surface area contributed by atoms with Crippen LogP contribution in [0.3, 0.4) is 0 Å². The van der Waals surface area contributed by atoms with Gasteiger partial charge in [-0.3, -0.25) is 0 Å². The molecule has 0 aliphatic heterocycles. The van der Waals surface area contributed by atoms with Gasteiger partial charge in [0.05, 0.1) is 12.2 Å². The van der Waals surface area contributed by atoms with E-state index in [1.165, 1.54) is 0 Å². The van der Waals surface area contributed by atoms with Crippen molar-refractivity contribution in [2.45, 2.75) is 32.9 Å². The van der Waals surface area contributed by atoms with Crippen LogP contribution in [0.4, 0.5) is 4.79 Å². The Kier molecular flexibility index (Phi) is 4.67. The maximum absolute atomic E-state index is 11.6. The maximum atomic E-state index is 11.6. The summed E-state index contributed by atoms with van der Waals surface area (Å²) in [7, 11) is 0. The van der Waals surface area contributed by atoms with Crippen LogP contribution in [0.1, 0.15) is 26.6 Å². The van der Waals surface area contributed by atoms with Crippen LogP contribution in [0.15, 0.2) is 34.9 Å². The molecule has 0 aliphatic carbocycles. The molecule has 112 valence electrons. The zero-order chi connectivity index (χ0) is 15.5. The molecular formula is C15H18BrN3O2. The van der Waals surface area contributed by atoms with Crippen molar-refractivity contribution in [3.05, 3.63) is 40.8 Å². The summed E-state index contributed by atoms with van der Waals surface area (Å²) in [6.07, 6.45) is 1.36. The Labute approximate surface area is 132 Å². The number of carbonyl (C=O) groups is 1. The molecule has 2 rings (SSSR count). The second kappa shape index (κ2) is 6.30. The molecule has 2 aromatic rings. The van der Waals surface area contributed by atoms with Gasteiger partial charge in [-0.25, -0.2) is 9.78 Å². The molecule has 0 radical (unpaired) electrons. The highest BCUT2D eigenvalue weighted by molar-refractivity contribution is 9.10. The molecule has 1 amide bonds. The molecule has 1 heterocycles. The second-order valence-electron chi connectivity index (χ2n) is 5.59. The maximum Gasteiger partial charge on any atom is 0.408 e. The van der Waals surface area contributed by atoms with Gasteiger partial charge in [0.25, 0.3) is 0 Å². The lowest BCUT2D eigenvalue weighted by Crippen LogP contribution is -2.32. The van der Waals surface area contributed by atoms with Gasteiger partial charge in [-0.2, -0.15) is 0 Å². The number of aromatic nitrogens is 2. The number of hydrogen-bond acceptors (Lipinski definition) is 3. The number of halogens is 1. The molecule has 6 heteroatoms. The van der Waals surface area contributed by atoms with Crippen molar-refractivity contribution >= 4 is 22.0 Å². The molecule has 0 fully saturated rings. The number of aromatic amines is 1. The minimum absolute atomic E-state index is 0.297. The minimum atomic E-state index is -0.504. The first-order chi connectivity index (χ1) is 9.83. The van der Waals surface area contributed by atoms with Crippen molar-refractivity contribution in [2.75, 3.05) is 0 Å². The van der Waals surface area contributed by atoms with Gasteiger partial charge in [0.2, 0.25) is 0 Å². The van der Waals surface area contributed by atoms with Crippen LogP contribution in [0.5, 0.6) is 0 Å². The van der Waals surface area contributed by atoms with Crippen molar-refractivity contribution in [1.29, 1.82) is 0 Å². The number of ether oxygens (including phenoxy) is 1. The summed E-state index contributed by atoms with van der Waals surface area (Å²) in [4.78, 5) is 19.0. The number of amides is 1. The van der Waals surface area contributed by atoms with Crippen molar-refractivity contribution in [2.24, 2.45) is 0 Å². The van der Waals surface area contributed by atoms with E-state index >= 15 is 0 Å². The van der Waals surface area contributed by atoms with E-state index < -0.39 is 11.7 Å². The van der Waals surface area contributed by atoms with Gasteiger partial charge in [0, 0.05) is 16.2 Å². The molecule has 0 unspecified atom stereocenters. The first-order valence-electron chi connectivity index (χ1n) is 6.60. The lowest BCUT2D eigenvalue weighted by molar-refractivity contribution is 0.0522. The van der Waals surface area contributed by atoms with Crippen molar-refractivity contribution < 1.29 is 9.53 Å². The largest absolute Gasteiger partial charge is 0.444 e. The average molecular weight is 352 g/mol. The zero-order valence-corrected chi connectivity index (χ0v) is 13.8. The number of benzene rings is 1. The van der Waals surface area contributed by atoms with Crippen molar-refractivity contribution in [3.8, 4) is 11.3 Å². The van der Waals surface area contributed by atoms with E-state index in [1.807, 2.05) is 51.2 Å². The highest BCUT2D eigenvalue weighted by Crippen LogP contribution is 2.19. The molecule has 0 atom stereocenters. The Morgan fingerprint density at radius 2 is 2.00 bits per heavy atom. The highest BCUT2D eigenvalue weighted by Gasteiger charge is 2.16. The summed E-state index contributed by atoms with van der Waals surface area (Å²) in [5, 5.41) is 2.67. The van der Waals surface area contributed by atoms with E-state index in [1.54, 1.807) is 0 Å². The zero-order valence-electron chi connectivity index (χ0n) is 12.2. The summed E-state index contributed by atoms with van der Waals surface area (Å²) in [6, 6.07) is 7.88. The first kappa shape index (κ1) is 15.6. The van der Waals surface area contributed by atoms with E-state index in [9.17, 15) is 4.79 Å². The number of rotatable bonds is 3. The van der Waals surface area contributed by atoms with Crippen molar-refractivity contribution in [1.82, 2.24) is 15.3 Å². The molecule has 0 saturated heterocycles. The van der Waals surface area contributed by atoms with Crippen LogP contribution in [-0.2, 0) is 11.3 Å². The number of carbonyl (C=O) groups excluding carboxylic acids is 1. The summed E-state index contributed by atoms with van der Waals surface area (Å²) in [5.74, 6) is 0.679. The fraction of sp³-hybridized carbons (Fsp3) is 0.333. The van der Waals surface area contributed by atoms with Gasteiger partial charge >= 0.3 is 6.09 Å². The number of hydrogen-bond donors (Lipinski definition) is 2. The fourth-order valence-corrected chi connectivity index (χ4v) is 1.96. The Morgan fingerprint density at radius 3 is 2.62 bits per heavy atom. The van der Waals surface area contributed by atoms with Gasteiger partial charge in [0.15, 0.2) is 0 Å². The smallest absolute Gasteiger partial charge is 0.408 e. The van der Waals surface area contributed by atoms with E-state index in [0.29, 0.717) is 12.4 Å². The minimum Gasteiger partial charge on any atom is -0.444 e. The SMILES string of the molecule is CC(C)(C)OC(=O)NCc1nc(-c2ccc(Br)cc2)c[nH]1. The topological polar surface area (TPSA) is 67.0 Å². The van der Waals surface area contributed by atoms with E-state index in [4.69, 9.17) is 4.74 Å². The third-order valence-corrected chi connectivity index (χ3v) is 3.10. The molecule has 0 spiro atoms. The Morgan fingerprint density at radius 1 is 1.33 bits per heavy atom. The van der Waals surface area contributed by atoms with Gasteiger partial charge in [-0.15, -0.1) is 0 Å². The number of nitrogens with one attached hydrogen (secondary N) is 2. The average Bonchev–Trinajstić information content (AvgIpc) is 2.84. The molecule has 1 aromatic heterocycles. The first-order valence-corrected chi connectivity index (χ1v) is 7.40. The standard InChI is InChI=1S/C15H18BrN3O2/c1-15(2,3)21-14(20)18-9-13-17-8-12(19-13)10-4-6-11(16)7-5-10/h4-8H,9H2,1-3H3,(H,17,19)(H,18,20). The Bertz CT molecular complexity index is 615. The van der Waals surface area contributed by atoms with Crippen LogP contribution in [0, 0.1) is 0 Å². The second-order valence-corrected chi connectivity index (χ2v) is 6.51. The predicted molar refractivity (Wildman–Crippen MR) is 84.8 cm³/mol. The highest BCUT2D eigenvalue weighted by atomic mass is 79.9. The molecule has 0 aliphatic rings. The number of nitrogens with zero attached hydrogens (tertiary/aromatic N) is 1. The monoisotopic (exact) mass is 351 g/mol. The lowest BCUT2D eigenvalue weighted by atomic mass is 10.2. The van der Waals surface area contributed by atoms with Gasteiger partial charge in [-0.1, -0.05) is 28.1 Å². The summed E-state index contributed by atoms with van der Waals surface area (Å²) >= 11 is 3.40. The van der Waals surface area contributed by atoms with E-state index in [-0.39, 0.29) is 0 Å². The van der Waals surface area contributed by atoms with Crippen LogP contribution < -0.4 is 5.32 Å². The third-order valence-electron chi connectivity index (χ3n) is 2.57. The predicted octanol–water partition coefficient (Wildman–Crippen LogP) is 3.86. The van der Waals surface area contributed by atoms with E-state index in [2.05, 4.69) is 31.2 Å². The third kappa shape index (κ3) is 4.90. The molecule has 0 bridgehead atoms. The van der Waals surface area contributed by atoms with Gasteiger partial charge in [-0.05, 0) is 32.9 Å². The van der Waals surface area contributed by atoms with Crippen LogP contribution in [0.2, 0.25) is 0 Å². The molecule has 2 N–H and O–H groups in total. The molecule has 21 heavy (non-hydrogen) atoms. The molecular weight excluding hydrogens is 334 g/mol. The molecule has 5 nitrogen and oxygen atoms in total. The Balaban J connectivity index is 1.94. The normalized spacial score (nSPS) is 11.2. The van der Waals surface area contributed by atoms with Crippen LogP contribution in [0.25, 0.3) is 11.3 Å². The quantitative estimate of drug-likeness (QED) is 0.881. The van der Waals surface area contributed by atoms with Crippen LogP contribution >= 0.6 is 15.9 Å². The van der Waals surface area contributed by atoms with Gasteiger partial charge in [0.1, 0.15) is 11.4 Å². The lowest BCUT2D eigenvalue weighted by Gasteiger charge is -2.19.